The van der Waals surface area contributed by atoms with E-state index in [9.17, 15) is 4.79 Å². The molecule has 0 aromatic carbocycles. The number of piperidine rings is 1. The van der Waals surface area contributed by atoms with Gasteiger partial charge in [-0.15, -0.1) is 0 Å². The molecule has 1 saturated heterocycles. The van der Waals surface area contributed by atoms with E-state index in [1.54, 1.807) is 18.3 Å². The maximum absolute atomic E-state index is 11.5. The monoisotopic (exact) mass is 277 g/mol. The van der Waals surface area contributed by atoms with Crippen molar-refractivity contribution in [1.82, 2.24) is 10.3 Å². The lowest BCUT2D eigenvalue weighted by atomic mass is 9.77. The largest absolute Gasteiger partial charge is 0.465 e. The molecule has 1 aromatic heterocycles. The second-order valence-electron chi connectivity index (χ2n) is 5.90. The molecule has 0 amide bonds. The van der Waals surface area contributed by atoms with Gasteiger partial charge in [-0.3, -0.25) is 0 Å². The molecule has 1 fully saturated rings. The number of carbonyl (C=O) groups excluding carboxylic acids is 1. The second-order valence-corrected chi connectivity index (χ2v) is 5.90. The smallest absolute Gasteiger partial charge is 0.338 e. The van der Waals surface area contributed by atoms with Crippen LogP contribution in [0.1, 0.15) is 37.0 Å². The van der Waals surface area contributed by atoms with Gasteiger partial charge in [0.2, 0.25) is 0 Å². The molecule has 2 heterocycles. The van der Waals surface area contributed by atoms with Crippen molar-refractivity contribution in [2.24, 2.45) is 5.41 Å². The molecule has 0 bridgehead atoms. The predicted octanol–water partition coefficient (Wildman–Crippen LogP) is 2.06. The van der Waals surface area contributed by atoms with Crippen molar-refractivity contribution < 1.29 is 9.53 Å². The van der Waals surface area contributed by atoms with E-state index in [-0.39, 0.29) is 11.4 Å². The van der Waals surface area contributed by atoms with Crippen molar-refractivity contribution in [2.45, 2.75) is 32.7 Å². The van der Waals surface area contributed by atoms with Crippen LogP contribution in [0.25, 0.3) is 0 Å². The fraction of sp³-hybridized carbons (Fsp3) is 0.600. The van der Waals surface area contributed by atoms with Crippen LogP contribution in [0.15, 0.2) is 18.3 Å². The van der Waals surface area contributed by atoms with Crippen LogP contribution in [0.5, 0.6) is 0 Å². The Morgan fingerprint density at radius 2 is 2.40 bits per heavy atom. The zero-order valence-corrected chi connectivity index (χ0v) is 12.4. The summed E-state index contributed by atoms with van der Waals surface area (Å²) in [4.78, 5) is 15.7. The van der Waals surface area contributed by atoms with Crippen molar-refractivity contribution in [3.05, 3.63) is 23.9 Å². The third kappa shape index (κ3) is 3.48. The van der Waals surface area contributed by atoms with Gasteiger partial charge in [0.25, 0.3) is 0 Å². The van der Waals surface area contributed by atoms with Gasteiger partial charge in [-0.2, -0.15) is 0 Å². The van der Waals surface area contributed by atoms with E-state index in [1.807, 2.05) is 0 Å². The topological polar surface area (TPSA) is 63.2 Å². The number of hydrogen-bond acceptors (Lipinski definition) is 5. The van der Waals surface area contributed by atoms with Gasteiger partial charge in [-0.1, -0.05) is 13.8 Å². The lowest BCUT2D eigenvalue weighted by Gasteiger charge is -2.39. The third-order valence-corrected chi connectivity index (χ3v) is 4.00. The van der Waals surface area contributed by atoms with E-state index < -0.39 is 0 Å². The lowest BCUT2D eigenvalue weighted by molar-refractivity contribution is 0.0600. The first-order valence-corrected chi connectivity index (χ1v) is 7.04. The normalized spacial score (nSPS) is 21.2. The fourth-order valence-electron chi connectivity index (χ4n) is 2.60. The molecular weight excluding hydrogens is 254 g/mol. The van der Waals surface area contributed by atoms with Gasteiger partial charge in [0.1, 0.15) is 5.82 Å². The molecule has 1 aliphatic heterocycles. The molecule has 5 heteroatoms. The molecule has 0 saturated carbocycles. The van der Waals surface area contributed by atoms with E-state index in [2.05, 4.69) is 29.5 Å². The Kier molecular flexibility index (Phi) is 4.60. The number of nitrogens with zero attached hydrogens (tertiary/aromatic N) is 1. The number of anilines is 1. The van der Waals surface area contributed by atoms with Gasteiger partial charge in [0.05, 0.1) is 12.7 Å². The number of aromatic nitrogens is 1. The molecule has 1 unspecified atom stereocenters. The first-order chi connectivity index (χ1) is 9.53. The highest BCUT2D eigenvalue weighted by molar-refractivity contribution is 5.89. The van der Waals surface area contributed by atoms with Crippen molar-refractivity contribution >= 4 is 11.8 Å². The number of nitrogens with one attached hydrogen (secondary N) is 2. The van der Waals surface area contributed by atoms with Crippen LogP contribution in [0, 0.1) is 5.41 Å². The zero-order valence-electron chi connectivity index (χ0n) is 12.4. The third-order valence-electron chi connectivity index (χ3n) is 4.00. The summed E-state index contributed by atoms with van der Waals surface area (Å²) in [6.07, 6.45) is 4.07. The molecule has 2 rings (SSSR count). The maximum Gasteiger partial charge on any atom is 0.338 e. The van der Waals surface area contributed by atoms with Crippen LogP contribution < -0.4 is 10.6 Å². The predicted molar refractivity (Wildman–Crippen MR) is 78.9 cm³/mol. The van der Waals surface area contributed by atoms with Gasteiger partial charge in [0, 0.05) is 18.8 Å². The first kappa shape index (κ1) is 14.8. The summed E-state index contributed by atoms with van der Waals surface area (Å²) in [6.45, 7) is 6.42. The molecule has 0 spiro atoms. The Labute approximate surface area is 120 Å². The quantitative estimate of drug-likeness (QED) is 0.825. The Hall–Kier alpha value is -1.62. The minimum Gasteiger partial charge on any atom is -0.465 e. The first-order valence-electron chi connectivity index (χ1n) is 7.04. The minimum absolute atomic E-state index is 0.269. The van der Waals surface area contributed by atoms with E-state index in [1.165, 1.54) is 20.0 Å². The number of methoxy groups -OCH3 is 1. The van der Waals surface area contributed by atoms with Gasteiger partial charge in [-0.25, -0.2) is 9.78 Å². The number of pyridine rings is 1. The molecule has 110 valence electrons. The summed E-state index contributed by atoms with van der Waals surface area (Å²) in [6, 6.07) is 3.78. The van der Waals surface area contributed by atoms with Crippen LogP contribution in [0.4, 0.5) is 5.82 Å². The highest BCUT2D eigenvalue weighted by Gasteiger charge is 2.31. The average molecular weight is 277 g/mol. The highest BCUT2D eigenvalue weighted by atomic mass is 16.5. The maximum atomic E-state index is 11.5. The Morgan fingerprint density at radius 3 is 3.10 bits per heavy atom. The van der Waals surface area contributed by atoms with E-state index >= 15 is 0 Å². The molecule has 0 radical (unpaired) electrons. The van der Waals surface area contributed by atoms with E-state index in [4.69, 9.17) is 4.74 Å². The number of carbonyl (C=O) groups is 1. The molecule has 5 nitrogen and oxygen atoms in total. The minimum atomic E-state index is -0.341. The van der Waals surface area contributed by atoms with Crippen molar-refractivity contribution in [2.75, 3.05) is 25.5 Å². The molecule has 20 heavy (non-hydrogen) atoms. The summed E-state index contributed by atoms with van der Waals surface area (Å²) in [5.41, 5.74) is 0.784. The van der Waals surface area contributed by atoms with Crippen LogP contribution in [0.2, 0.25) is 0 Å². The molecule has 1 aromatic rings. The number of esters is 1. The highest BCUT2D eigenvalue weighted by Crippen LogP contribution is 2.30. The summed E-state index contributed by atoms with van der Waals surface area (Å²) < 4.78 is 4.71. The molecule has 1 atom stereocenters. The Balaban J connectivity index is 1.98. The van der Waals surface area contributed by atoms with Crippen LogP contribution in [0.3, 0.4) is 0 Å². The van der Waals surface area contributed by atoms with Crippen LogP contribution in [-0.2, 0) is 4.74 Å². The lowest BCUT2D eigenvalue weighted by Crippen LogP contribution is -2.50. The summed E-state index contributed by atoms with van der Waals surface area (Å²) >= 11 is 0. The molecule has 0 aliphatic carbocycles. The van der Waals surface area contributed by atoms with Crippen molar-refractivity contribution in [1.29, 1.82) is 0 Å². The molecule has 1 aliphatic rings. The summed E-state index contributed by atoms with van der Waals surface area (Å²) in [5, 5.41) is 6.85. The zero-order chi connectivity index (χ0) is 14.6. The fourth-order valence-corrected chi connectivity index (χ4v) is 2.60. The number of ether oxygens (including phenoxy) is 1. The molecule has 2 N–H and O–H groups in total. The Morgan fingerprint density at radius 1 is 1.60 bits per heavy atom. The number of rotatable bonds is 4. The van der Waals surface area contributed by atoms with E-state index in [0.29, 0.717) is 17.4 Å². The van der Waals surface area contributed by atoms with Crippen molar-refractivity contribution in [3.63, 3.8) is 0 Å². The van der Waals surface area contributed by atoms with Crippen molar-refractivity contribution in [3.8, 4) is 0 Å². The SMILES string of the molecule is COC(=O)c1ccnc(NCC2NCCCC2(C)C)c1. The molecular formula is C15H23N3O2. The average Bonchev–Trinajstić information content (AvgIpc) is 2.45. The van der Waals surface area contributed by atoms with Gasteiger partial charge in [0.15, 0.2) is 0 Å². The van der Waals surface area contributed by atoms with E-state index in [0.717, 1.165) is 13.1 Å². The van der Waals surface area contributed by atoms with Crippen LogP contribution >= 0.6 is 0 Å². The summed E-state index contributed by atoms with van der Waals surface area (Å²) in [7, 11) is 1.38. The standard InChI is InChI=1S/C15H23N3O2/c1-15(2)6-4-7-16-12(15)10-18-13-9-11(5-8-17-13)14(19)20-3/h5,8-9,12,16H,4,6-7,10H2,1-3H3,(H,17,18). The van der Waals surface area contributed by atoms with Crippen LogP contribution in [-0.4, -0.2) is 37.2 Å². The van der Waals surface area contributed by atoms with Gasteiger partial charge < -0.3 is 15.4 Å². The summed E-state index contributed by atoms with van der Waals surface area (Å²) in [5.74, 6) is 0.364. The van der Waals surface area contributed by atoms with Gasteiger partial charge in [-0.05, 0) is 36.9 Å². The van der Waals surface area contributed by atoms with Gasteiger partial charge >= 0.3 is 5.97 Å². The Bertz CT molecular complexity index is 474. The second kappa shape index (κ2) is 6.22. The number of hydrogen-bond donors (Lipinski definition) is 2.